The van der Waals surface area contributed by atoms with Crippen LogP contribution in [0, 0.1) is 6.92 Å². The zero-order chi connectivity index (χ0) is 13.2. The number of aryl methyl sites for hydroxylation is 1. The molecule has 0 saturated carbocycles. The van der Waals surface area contributed by atoms with Crippen molar-refractivity contribution in [2.45, 2.75) is 32.2 Å². The molecule has 1 aromatic carbocycles. The van der Waals surface area contributed by atoms with E-state index in [2.05, 4.69) is 15.6 Å². The normalized spacial score (nSPS) is 18.9. The Morgan fingerprint density at radius 1 is 1.58 bits per heavy atom. The highest BCUT2D eigenvalue weighted by atomic mass is 16.3. The molecule has 5 nitrogen and oxygen atoms in total. The fourth-order valence-electron chi connectivity index (χ4n) is 2.48. The summed E-state index contributed by atoms with van der Waals surface area (Å²) in [5.41, 5.74) is 2.27. The number of nitrogens with one attached hydrogen (secondary N) is 2. The van der Waals surface area contributed by atoms with Gasteiger partial charge in [-0.05, 0) is 31.5 Å². The number of aromatic nitrogens is 1. The lowest BCUT2D eigenvalue weighted by molar-refractivity contribution is -0.116. The van der Waals surface area contributed by atoms with Crippen LogP contribution in [0.1, 0.15) is 25.2 Å². The van der Waals surface area contributed by atoms with Gasteiger partial charge in [-0.15, -0.1) is 0 Å². The Bertz CT molecular complexity index is 600. The van der Waals surface area contributed by atoms with Gasteiger partial charge in [-0.25, -0.2) is 4.98 Å². The number of amides is 1. The molecule has 2 aromatic rings. The van der Waals surface area contributed by atoms with Gasteiger partial charge in [0.05, 0.1) is 0 Å². The number of hydrogen-bond donors (Lipinski definition) is 2. The Labute approximate surface area is 111 Å². The van der Waals surface area contributed by atoms with Crippen LogP contribution in [0.5, 0.6) is 0 Å². The Morgan fingerprint density at radius 3 is 3.26 bits per heavy atom. The molecule has 3 rings (SSSR count). The Hall–Kier alpha value is -1.88. The molecule has 100 valence electrons. The molecular weight excluding hydrogens is 242 g/mol. The average molecular weight is 259 g/mol. The molecule has 5 heteroatoms. The monoisotopic (exact) mass is 259 g/mol. The zero-order valence-corrected chi connectivity index (χ0v) is 10.9. The number of anilines is 1. The predicted octanol–water partition coefficient (Wildman–Crippen LogP) is 2.22. The Balaban J connectivity index is 1.68. The van der Waals surface area contributed by atoms with Gasteiger partial charge in [-0.3, -0.25) is 4.79 Å². The van der Waals surface area contributed by atoms with Crippen LogP contribution in [0.15, 0.2) is 22.6 Å². The SMILES string of the molecule is Cc1nc2ccc(NC(=O)CC3CCCN3)cc2o1. The summed E-state index contributed by atoms with van der Waals surface area (Å²) in [6.45, 7) is 2.82. The quantitative estimate of drug-likeness (QED) is 0.887. The van der Waals surface area contributed by atoms with E-state index in [0.717, 1.165) is 30.6 Å². The molecule has 2 heterocycles. The summed E-state index contributed by atoms with van der Waals surface area (Å²) in [5.74, 6) is 0.670. The minimum atomic E-state index is 0.0370. The van der Waals surface area contributed by atoms with Gasteiger partial charge < -0.3 is 15.1 Å². The van der Waals surface area contributed by atoms with Crippen LogP contribution in [0.2, 0.25) is 0 Å². The first kappa shape index (κ1) is 12.2. The lowest BCUT2D eigenvalue weighted by Crippen LogP contribution is -2.27. The van der Waals surface area contributed by atoms with Gasteiger partial charge in [-0.1, -0.05) is 0 Å². The van der Waals surface area contributed by atoms with Gasteiger partial charge in [0.25, 0.3) is 0 Å². The molecule has 0 radical (unpaired) electrons. The number of nitrogens with zero attached hydrogens (tertiary/aromatic N) is 1. The van der Waals surface area contributed by atoms with E-state index < -0.39 is 0 Å². The Kier molecular flexibility index (Phi) is 3.21. The number of benzene rings is 1. The molecular formula is C14H17N3O2. The third-order valence-corrected chi connectivity index (χ3v) is 3.37. The second-order valence-electron chi connectivity index (χ2n) is 4.96. The highest BCUT2D eigenvalue weighted by molar-refractivity contribution is 5.93. The van der Waals surface area contributed by atoms with Gasteiger partial charge in [0, 0.05) is 31.1 Å². The number of fused-ring (bicyclic) bond motifs is 1. The number of rotatable bonds is 3. The maximum atomic E-state index is 11.9. The van der Waals surface area contributed by atoms with Crippen molar-refractivity contribution in [3.8, 4) is 0 Å². The number of hydrogen-bond acceptors (Lipinski definition) is 4. The fraction of sp³-hybridized carbons (Fsp3) is 0.429. The van der Waals surface area contributed by atoms with Gasteiger partial charge >= 0.3 is 0 Å². The third kappa shape index (κ3) is 2.76. The molecule has 1 atom stereocenters. The van der Waals surface area contributed by atoms with Crippen LogP contribution in [-0.4, -0.2) is 23.5 Å². The molecule has 1 aliphatic rings. The molecule has 2 N–H and O–H groups in total. The van der Waals surface area contributed by atoms with Crippen LogP contribution in [-0.2, 0) is 4.79 Å². The molecule has 19 heavy (non-hydrogen) atoms. The van der Waals surface area contributed by atoms with Crippen LogP contribution in [0.25, 0.3) is 11.1 Å². The molecule has 0 aliphatic carbocycles. The zero-order valence-electron chi connectivity index (χ0n) is 10.9. The summed E-state index contributed by atoms with van der Waals surface area (Å²) in [7, 11) is 0. The van der Waals surface area contributed by atoms with Gasteiger partial charge in [0.15, 0.2) is 11.5 Å². The molecule has 1 saturated heterocycles. The number of carbonyl (C=O) groups excluding carboxylic acids is 1. The average Bonchev–Trinajstić information content (AvgIpc) is 2.96. The molecule has 1 aromatic heterocycles. The summed E-state index contributed by atoms with van der Waals surface area (Å²) in [6, 6.07) is 5.84. The number of oxazole rings is 1. The summed E-state index contributed by atoms with van der Waals surface area (Å²) >= 11 is 0. The predicted molar refractivity (Wildman–Crippen MR) is 73.0 cm³/mol. The van der Waals surface area contributed by atoms with Crippen molar-refractivity contribution in [2.75, 3.05) is 11.9 Å². The summed E-state index contributed by atoms with van der Waals surface area (Å²) in [5, 5.41) is 6.22. The van der Waals surface area contributed by atoms with Crippen LogP contribution >= 0.6 is 0 Å². The van der Waals surface area contributed by atoms with Crippen molar-refractivity contribution in [1.82, 2.24) is 10.3 Å². The smallest absolute Gasteiger partial charge is 0.225 e. The molecule has 1 aliphatic heterocycles. The van der Waals surface area contributed by atoms with E-state index in [-0.39, 0.29) is 5.91 Å². The van der Waals surface area contributed by atoms with Crippen LogP contribution < -0.4 is 10.6 Å². The maximum absolute atomic E-state index is 11.9. The van der Waals surface area contributed by atoms with Gasteiger partial charge in [-0.2, -0.15) is 0 Å². The lowest BCUT2D eigenvalue weighted by atomic mass is 10.1. The second kappa shape index (κ2) is 5.01. The van der Waals surface area contributed by atoms with Gasteiger partial charge in [0.2, 0.25) is 5.91 Å². The first-order valence-electron chi connectivity index (χ1n) is 6.61. The van der Waals surface area contributed by atoms with E-state index in [0.29, 0.717) is 23.9 Å². The van der Waals surface area contributed by atoms with E-state index in [1.807, 2.05) is 25.1 Å². The number of carbonyl (C=O) groups is 1. The second-order valence-corrected chi connectivity index (χ2v) is 4.96. The van der Waals surface area contributed by atoms with Crippen molar-refractivity contribution < 1.29 is 9.21 Å². The molecule has 0 bridgehead atoms. The molecule has 0 spiro atoms. The van der Waals surface area contributed by atoms with Gasteiger partial charge in [0.1, 0.15) is 5.52 Å². The van der Waals surface area contributed by atoms with Crippen LogP contribution in [0.3, 0.4) is 0 Å². The highest BCUT2D eigenvalue weighted by Crippen LogP contribution is 2.20. The maximum Gasteiger partial charge on any atom is 0.225 e. The van der Waals surface area contributed by atoms with E-state index in [1.54, 1.807) is 0 Å². The van der Waals surface area contributed by atoms with E-state index >= 15 is 0 Å². The standard InChI is InChI=1S/C14H17N3O2/c1-9-16-12-5-4-11(7-13(12)19-9)17-14(18)8-10-3-2-6-15-10/h4-5,7,10,15H,2-3,6,8H2,1H3,(H,17,18). The van der Waals surface area contributed by atoms with E-state index in [9.17, 15) is 4.79 Å². The summed E-state index contributed by atoms with van der Waals surface area (Å²) in [4.78, 5) is 16.1. The minimum absolute atomic E-state index is 0.0370. The summed E-state index contributed by atoms with van der Waals surface area (Å²) in [6.07, 6.45) is 2.75. The van der Waals surface area contributed by atoms with Crippen molar-refractivity contribution in [1.29, 1.82) is 0 Å². The largest absolute Gasteiger partial charge is 0.441 e. The first-order valence-corrected chi connectivity index (χ1v) is 6.61. The Morgan fingerprint density at radius 2 is 2.47 bits per heavy atom. The summed E-state index contributed by atoms with van der Waals surface area (Å²) < 4.78 is 5.45. The fourth-order valence-corrected chi connectivity index (χ4v) is 2.48. The highest BCUT2D eigenvalue weighted by Gasteiger charge is 2.17. The molecule has 1 fully saturated rings. The first-order chi connectivity index (χ1) is 9.20. The topological polar surface area (TPSA) is 67.2 Å². The van der Waals surface area contributed by atoms with Crippen LogP contribution in [0.4, 0.5) is 5.69 Å². The van der Waals surface area contributed by atoms with Crippen molar-refractivity contribution in [2.24, 2.45) is 0 Å². The third-order valence-electron chi connectivity index (χ3n) is 3.37. The molecule has 1 unspecified atom stereocenters. The molecule has 1 amide bonds. The van der Waals surface area contributed by atoms with Crippen molar-refractivity contribution in [3.05, 3.63) is 24.1 Å². The van der Waals surface area contributed by atoms with E-state index in [1.165, 1.54) is 0 Å². The van der Waals surface area contributed by atoms with E-state index in [4.69, 9.17) is 4.42 Å². The van der Waals surface area contributed by atoms with Crippen molar-refractivity contribution in [3.63, 3.8) is 0 Å². The minimum Gasteiger partial charge on any atom is -0.441 e. The lowest BCUT2D eigenvalue weighted by Gasteiger charge is -2.10. The van der Waals surface area contributed by atoms with Crippen molar-refractivity contribution >= 4 is 22.7 Å².